The van der Waals surface area contributed by atoms with Gasteiger partial charge < -0.3 is 9.47 Å². The summed E-state index contributed by atoms with van der Waals surface area (Å²) in [4.78, 5) is 12.5. The van der Waals surface area contributed by atoms with Crippen molar-refractivity contribution in [1.82, 2.24) is 0 Å². The quantitative estimate of drug-likeness (QED) is 0.248. The highest BCUT2D eigenvalue weighted by Crippen LogP contribution is 2.28. The Balaban J connectivity index is 1.40. The van der Waals surface area contributed by atoms with Gasteiger partial charge in [-0.1, -0.05) is 38.0 Å². The van der Waals surface area contributed by atoms with Crippen LogP contribution in [0.5, 0.6) is 5.75 Å². The molecule has 0 saturated heterocycles. The Labute approximate surface area is 183 Å². The molecule has 0 spiro atoms. The normalized spacial score (nSPS) is 18.7. The lowest BCUT2D eigenvalue weighted by atomic mass is 9.87. The Kier molecular flexibility index (Phi) is 9.01. The minimum atomic E-state index is -0.831. The molecular formula is C26H32F2O3. The van der Waals surface area contributed by atoms with Crippen molar-refractivity contribution in [1.29, 1.82) is 0 Å². The zero-order chi connectivity index (χ0) is 22.1. The maximum atomic E-state index is 13.3. The van der Waals surface area contributed by atoms with Gasteiger partial charge in [-0.2, -0.15) is 0 Å². The number of halogens is 2. The largest absolute Gasteiger partial charge is 0.426 e. The number of benzene rings is 2. The lowest BCUT2D eigenvalue weighted by Crippen LogP contribution is -2.29. The van der Waals surface area contributed by atoms with Crippen LogP contribution in [0.25, 0.3) is 0 Å². The van der Waals surface area contributed by atoms with E-state index in [1.165, 1.54) is 18.9 Å². The number of aryl methyl sites for hydroxylation is 2. The Morgan fingerprint density at radius 3 is 2.26 bits per heavy atom. The van der Waals surface area contributed by atoms with Crippen LogP contribution in [-0.4, -0.2) is 18.7 Å². The number of ether oxygens (including phenoxy) is 2. The van der Waals surface area contributed by atoms with Gasteiger partial charge in [-0.25, -0.2) is 8.78 Å². The average Bonchev–Trinajstić information content (AvgIpc) is 2.79. The van der Waals surface area contributed by atoms with E-state index in [1.807, 2.05) is 12.1 Å². The Morgan fingerprint density at radius 2 is 1.58 bits per heavy atom. The van der Waals surface area contributed by atoms with Crippen molar-refractivity contribution in [3.05, 3.63) is 65.2 Å². The minimum absolute atomic E-state index is 0.0662. The molecule has 1 aliphatic carbocycles. The van der Waals surface area contributed by atoms with Gasteiger partial charge in [0.1, 0.15) is 5.75 Å². The first-order valence-electron chi connectivity index (χ1n) is 11.4. The fourth-order valence-corrected chi connectivity index (χ4v) is 3.97. The molecule has 31 heavy (non-hydrogen) atoms. The zero-order valence-electron chi connectivity index (χ0n) is 18.2. The van der Waals surface area contributed by atoms with Gasteiger partial charge in [-0.15, -0.1) is 0 Å². The molecule has 0 aromatic heterocycles. The molecule has 168 valence electrons. The third-order valence-electron chi connectivity index (χ3n) is 5.94. The van der Waals surface area contributed by atoms with E-state index in [4.69, 9.17) is 9.47 Å². The summed E-state index contributed by atoms with van der Waals surface area (Å²) in [6, 6.07) is 11.4. The molecule has 5 heteroatoms. The van der Waals surface area contributed by atoms with E-state index in [0.29, 0.717) is 18.6 Å². The molecular weight excluding hydrogens is 398 g/mol. The summed E-state index contributed by atoms with van der Waals surface area (Å²) in [6.45, 7) is 3.00. The van der Waals surface area contributed by atoms with Crippen LogP contribution in [0.2, 0.25) is 0 Å². The number of esters is 1. The molecule has 1 fully saturated rings. The molecule has 3 nitrogen and oxygen atoms in total. The molecule has 0 radical (unpaired) electrons. The van der Waals surface area contributed by atoms with E-state index in [1.54, 1.807) is 18.2 Å². The van der Waals surface area contributed by atoms with Gasteiger partial charge in [0.05, 0.1) is 12.0 Å². The highest BCUT2D eigenvalue weighted by Gasteiger charge is 2.28. The third kappa shape index (κ3) is 7.42. The van der Waals surface area contributed by atoms with Crippen molar-refractivity contribution >= 4 is 5.97 Å². The second-order valence-electron chi connectivity index (χ2n) is 8.37. The van der Waals surface area contributed by atoms with E-state index >= 15 is 0 Å². The molecule has 1 saturated carbocycles. The van der Waals surface area contributed by atoms with Gasteiger partial charge in [-0.3, -0.25) is 4.79 Å². The van der Waals surface area contributed by atoms with Gasteiger partial charge in [-0.05, 0) is 80.3 Å². The van der Waals surface area contributed by atoms with E-state index in [0.717, 1.165) is 55.9 Å². The maximum Gasteiger partial charge on any atom is 0.314 e. The first-order valence-corrected chi connectivity index (χ1v) is 11.4. The van der Waals surface area contributed by atoms with Gasteiger partial charge in [0, 0.05) is 6.61 Å². The van der Waals surface area contributed by atoms with Crippen LogP contribution >= 0.6 is 0 Å². The second-order valence-corrected chi connectivity index (χ2v) is 8.37. The second kappa shape index (κ2) is 11.9. The number of hydrogen-bond donors (Lipinski definition) is 0. The third-order valence-corrected chi connectivity index (χ3v) is 5.94. The number of carbonyl (C=O) groups is 1. The van der Waals surface area contributed by atoms with Crippen LogP contribution in [0.1, 0.15) is 63.0 Å². The summed E-state index contributed by atoms with van der Waals surface area (Å²) in [5.41, 5.74) is 1.80. The lowest BCUT2D eigenvalue weighted by Gasteiger charge is -2.27. The van der Waals surface area contributed by atoms with Gasteiger partial charge in [0.15, 0.2) is 11.6 Å². The predicted octanol–water partition coefficient (Wildman–Crippen LogP) is 6.42. The summed E-state index contributed by atoms with van der Waals surface area (Å²) < 4.78 is 37.8. The molecule has 0 heterocycles. The molecule has 0 amide bonds. The number of hydrogen-bond acceptors (Lipinski definition) is 3. The Bertz CT molecular complexity index is 827. The summed E-state index contributed by atoms with van der Waals surface area (Å²) in [7, 11) is 0. The molecule has 0 atom stereocenters. The standard InChI is InChI=1S/C26H32F2O3/c1-2-3-4-17-30-22-14-10-21(11-15-22)26(29)31-23-12-7-19(8-13-23)5-6-20-9-16-24(27)25(28)18-20/h7-9,12-13,16,18,21-22H,2-6,10-11,14-15,17H2,1H3/t21-,22-. The molecule has 0 aliphatic heterocycles. The van der Waals surface area contributed by atoms with Crippen LogP contribution < -0.4 is 4.74 Å². The van der Waals surface area contributed by atoms with Crippen LogP contribution in [0.3, 0.4) is 0 Å². The lowest BCUT2D eigenvalue weighted by molar-refractivity contribution is -0.141. The zero-order valence-corrected chi connectivity index (χ0v) is 18.2. The van der Waals surface area contributed by atoms with Crippen molar-refractivity contribution in [3.63, 3.8) is 0 Å². The summed E-state index contributed by atoms with van der Waals surface area (Å²) in [5, 5.41) is 0. The average molecular weight is 431 g/mol. The Morgan fingerprint density at radius 1 is 0.903 bits per heavy atom. The van der Waals surface area contributed by atoms with Crippen LogP contribution in [0.15, 0.2) is 42.5 Å². The molecule has 0 N–H and O–H groups in total. The topological polar surface area (TPSA) is 35.5 Å². The van der Waals surface area contributed by atoms with E-state index in [9.17, 15) is 13.6 Å². The van der Waals surface area contributed by atoms with Crippen molar-refractivity contribution in [2.45, 2.75) is 70.8 Å². The van der Waals surface area contributed by atoms with Crippen LogP contribution in [0.4, 0.5) is 8.78 Å². The van der Waals surface area contributed by atoms with Crippen LogP contribution in [-0.2, 0) is 22.4 Å². The molecule has 1 aliphatic rings. The fraction of sp³-hybridized carbons (Fsp3) is 0.500. The van der Waals surface area contributed by atoms with Gasteiger partial charge in [0.25, 0.3) is 0 Å². The van der Waals surface area contributed by atoms with Gasteiger partial charge >= 0.3 is 5.97 Å². The molecule has 0 unspecified atom stereocenters. The van der Waals surface area contributed by atoms with Crippen LogP contribution in [0, 0.1) is 17.6 Å². The molecule has 0 bridgehead atoms. The van der Waals surface area contributed by atoms with Gasteiger partial charge in [0.2, 0.25) is 0 Å². The minimum Gasteiger partial charge on any atom is -0.426 e. The molecule has 2 aromatic rings. The summed E-state index contributed by atoms with van der Waals surface area (Å²) in [6.07, 6.45) is 8.52. The molecule has 3 rings (SSSR count). The highest BCUT2D eigenvalue weighted by molar-refractivity contribution is 5.75. The van der Waals surface area contributed by atoms with Crippen molar-refractivity contribution in [2.24, 2.45) is 5.92 Å². The summed E-state index contributed by atoms with van der Waals surface area (Å²) in [5.74, 6) is -1.35. The first kappa shape index (κ1) is 23.4. The number of carbonyl (C=O) groups excluding carboxylic acids is 1. The SMILES string of the molecule is CCCCCO[C@H]1CC[C@H](C(=O)Oc2ccc(CCc3ccc(F)c(F)c3)cc2)CC1. The van der Waals surface area contributed by atoms with E-state index in [2.05, 4.69) is 6.92 Å². The predicted molar refractivity (Wildman–Crippen MR) is 117 cm³/mol. The number of rotatable bonds is 10. The fourth-order valence-electron chi connectivity index (χ4n) is 3.97. The monoisotopic (exact) mass is 430 g/mol. The Hall–Kier alpha value is -2.27. The summed E-state index contributed by atoms with van der Waals surface area (Å²) >= 11 is 0. The smallest absolute Gasteiger partial charge is 0.314 e. The van der Waals surface area contributed by atoms with E-state index < -0.39 is 11.6 Å². The van der Waals surface area contributed by atoms with Crippen molar-refractivity contribution in [3.8, 4) is 5.75 Å². The van der Waals surface area contributed by atoms with Crippen molar-refractivity contribution < 1.29 is 23.0 Å². The highest BCUT2D eigenvalue weighted by atomic mass is 19.2. The molecule has 2 aromatic carbocycles. The first-order chi connectivity index (χ1) is 15.0. The van der Waals surface area contributed by atoms with E-state index in [-0.39, 0.29) is 18.0 Å². The maximum absolute atomic E-state index is 13.3. The number of unbranched alkanes of at least 4 members (excludes halogenated alkanes) is 2. The van der Waals surface area contributed by atoms with Crippen molar-refractivity contribution in [2.75, 3.05) is 6.61 Å².